The van der Waals surface area contributed by atoms with E-state index >= 15 is 0 Å². The Balaban J connectivity index is 1.98. The number of hydrogen-bond acceptors (Lipinski definition) is 2. The summed E-state index contributed by atoms with van der Waals surface area (Å²) in [6.07, 6.45) is 1.63. The summed E-state index contributed by atoms with van der Waals surface area (Å²) in [4.78, 5) is 15.1. The molecule has 0 aliphatic rings. The zero-order valence-corrected chi connectivity index (χ0v) is 10.5. The lowest BCUT2D eigenvalue weighted by atomic mass is 10.2. The van der Waals surface area contributed by atoms with Crippen LogP contribution in [0.2, 0.25) is 0 Å². The van der Waals surface area contributed by atoms with Crippen molar-refractivity contribution in [2.24, 2.45) is 0 Å². The summed E-state index contributed by atoms with van der Waals surface area (Å²) in [6, 6.07) is 11.1. The van der Waals surface area contributed by atoms with Gasteiger partial charge in [-0.2, -0.15) is 0 Å². The average Bonchev–Trinajstić information content (AvgIpc) is 2.81. The molecule has 4 nitrogen and oxygen atoms in total. The van der Waals surface area contributed by atoms with Crippen molar-refractivity contribution >= 4 is 17.0 Å². The molecule has 5 heteroatoms. The number of nitrogens with zero attached hydrogens (tertiary/aromatic N) is 2. The highest BCUT2D eigenvalue weighted by Crippen LogP contribution is 2.17. The number of aromatic nitrogens is 2. The Labute approximate surface area is 114 Å². The minimum absolute atomic E-state index is 0.202. The molecule has 0 saturated carbocycles. The highest BCUT2D eigenvalue weighted by atomic mass is 19.1. The minimum Gasteiger partial charge on any atom is -0.478 e. The van der Waals surface area contributed by atoms with Gasteiger partial charge in [-0.05, 0) is 35.9 Å². The van der Waals surface area contributed by atoms with Crippen LogP contribution in [0.15, 0.2) is 48.8 Å². The van der Waals surface area contributed by atoms with Crippen LogP contribution in [-0.4, -0.2) is 20.6 Å². The van der Waals surface area contributed by atoms with Crippen molar-refractivity contribution in [1.82, 2.24) is 9.55 Å². The van der Waals surface area contributed by atoms with Crippen molar-refractivity contribution < 1.29 is 14.3 Å². The van der Waals surface area contributed by atoms with Crippen LogP contribution < -0.4 is 0 Å². The molecular weight excluding hydrogens is 259 g/mol. The molecule has 0 unspecified atom stereocenters. The van der Waals surface area contributed by atoms with Gasteiger partial charge in [0.2, 0.25) is 0 Å². The quantitative estimate of drug-likeness (QED) is 0.796. The van der Waals surface area contributed by atoms with E-state index in [1.165, 1.54) is 24.3 Å². The summed E-state index contributed by atoms with van der Waals surface area (Å²) in [5, 5.41) is 8.94. The molecule has 0 amide bonds. The largest absolute Gasteiger partial charge is 0.478 e. The second kappa shape index (κ2) is 4.77. The zero-order chi connectivity index (χ0) is 14.1. The Hall–Kier alpha value is -2.69. The molecule has 20 heavy (non-hydrogen) atoms. The molecule has 3 aromatic rings. The highest BCUT2D eigenvalue weighted by molar-refractivity contribution is 5.92. The smallest absolute Gasteiger partial charge is 0.335 e. The first kappa shape index (κ1) is 12.3. The Morgan fingerprint density at radius 1 is 1.25 bits per heavy atom. The summed E-state index contributed by atoms with van der Waals surface area (Å²) >= 11 is 0. The van der Waals surface area contributed by atoms with E-state index in [-0.39, 0.29) is 11.4 Å². The van der Waals surface area contributed by atoms with Gasteiger partial charge in [-0.3, -0.25) is 0 Å². The van der Waals surface area contributed by atoms with Crippen molar-refractivity contribution in [1.29, 1.82) is 0 Å². The lowest BCUT2D eigenvalue weighted by Gasteiger charge is -2.05. The highest BCUT2D eigenvalue weighted by Gasteiger charge is 2.08. The molecule has 0 saturated heterocycles. The van der Waals surface area contributed by atoms with E-state index in [9.17, 15) is 9.18 Å². The first-order valence-electron chi connectivity index (χ1n) is 6.06. The fourth-order valence-corrected chi connectivity index (χ4v) is 2.15. The van der Waals surface area contributed by atoms with Crippen molar-refractivity contribution in [2.45, 2.75) is 6.54 Å². The number of imidazole rings is 1. The Morgan fingerprint density at radius 2 is 2.10 bits per heavy atom. The molecule has 100 valence electrons. The molecule has 0 aliphatic heterocycles. The van der Waals surface area contributed by atoms with Crippen LogP contribution >= 0.6 is 0 Å². The molecular formula is C15H11FN2O2. The molecule has 0 fully saturated rings. The van der Waals surface area contributed by atoms with Crippen molar-refractivity contribution in [3.8, 4) is 0 Å². The van der Waals surface area contributed by atoms with E-state index in [0.717, 1.165) is 11.1 Å². The fourth-order valence-electron chi connectivity index (χ4n) is 2.15. The van der Waals surface area contributed by atoms with E-state index in [1.54, 1.807) is 18.5 Å². The van der Waals surface area contributed by atoms with Crippen LogP contribution in [0.4, 0.5) is 4.39 Å². The number of carboxylic acids is 1. The number of aromatic carboxylic acids is 1. The maximum atomic E-state index is 13.2. The van der Waals surface area contributed by atoms with E-state index < -0.39 is 5.97 Å². The Kier molecular flexibility index (Phi) is 2.95. The first-order valence-corrected chi connectivity index (χ1v) is 6.06. The van der Waals surface area contributed by atoms with Gasteiger partial charge in [0.1, 0.15) is 5.82 Å². The second-order valence-electron chi connectivity index (χ2n) is 4.51. The van der Waals surface area contributed by atoms with E-state index in [1.807, 2.05) is 10.6 Å². The van der Waals surface area contributed by atoms with Gasteiger partial charge in [0.05, 0.1) is 22.9 Å². The monoisotopic (exact) mass is 270 g/mol. The fraction of sp³-hybridized carbons (Fsp3) is 0.0667. The van der Waals surface area contributed by atoms with Crippen molar-refractivity contribution in [2.75, 3.05) is 0 Å². The topological polar surface area (TPSA) is 55.1 Å². The predicted octanol–water partition coefficient (Wildman–Crippen LogP) is 2.92. The molecule has 0 bridgehead atoms. The summed E-state index contributed by atoms with van der Waals surface area (Å²) in [5.41, 5.74) is 2.46. The van der Waals surface area contributed by atoms with Crippen LogP contribution in [0.25, 0.3) is 11.0 Å². The standard InChI is InChI=1S/C15H11FN2O2/c16-12-3-1-2-10(6-12)8-18-9-17-13-7-11(15(19)20)4-5-14(13)18/h1-7,9H,8H2,(H,19,20). The molecule has 0 radical (unpaired) electrons. The Morgan fingerprint density at radius 3 is 2.85 bits per heavy atom. The molecule has 3 rings (SSSR count). The summed E-state index contributed by atoms with van der Waals surface area (Å²) in [5.74, 6) is -1.26. The number of fused-ring (bicyclic) bond motifs is 1. The number of halogens is 1. The molecule has 0 atom stereocenters. The van der Waals surface area contributed by atoms with Gasteiger partial charge >= 0.3 is 5.97 Å². The molecule has 0 spiro atoms. The molecule has 2 aromatic carbocycles. The average molecular weight is 270 g/mol. The SMILES string of the molecule is O=C(O)c1ccc2c(c1)ncn2Cc1cccc(F)c1. The number of hydrogen-bond donors (Lipinski definition) is 1. The van der Waals surface area contributed by atoms with E-state index in [0.29, 0.717) is 12.1 Å². The maximum Gasteiger partial charge on any atom is 0.335 e. The number of carbonyl (C=O) groups is 1. The van der Waals surface area contributed by atoms with Crippen LogP contribution in [-0.2, 0) is 6.54 Å². The lowest BCUT2D eigenvalue weighted by Crippen LogP contribution is -1.99. The minimum atomic E-state index is -0.980. The van der Waals surface area contributed by atoms with Gasteiger partial charge in [0.25, 0.3) is 0 Å². The van der Waals surface area contributed by atoms with E-state index in [2.05, 4.69) is 4.98 Å². The van der Waals surface area contributed by atoms with Crippen LogP contribution in [0, 0.1) is 5.82 Å². The maximum absolute atomic E-state index is 13.2. The summed E-state index contributed by atoms with van der Waals surface area (Å²) in [7, 11) is 0. The van der Waals surface area contributed by atoms with Gasteiger partial charge in [0, 0.05) is 6.54 Å². The van der Waals surface area contributed by atoms with Gasteiger partial charge in [-0.15, -0.1) is 0 Å². The van der Waals surface area contributed by atoms with E-state index in [4.69, 9.17) is 5.11 Å². The third-order valence-corrected chi connectivity index (χ3v) is 3.11. The van der Waals surface area contributed by atoms with Crippen molar-refractivity contribution in [3.05, 3.63) is 65.7 Å². The molecule has 0 aliphatic carbocycles. The van der Waals surface area contributed by atoms with Crippen LogP contribution in [0.5, 0.6) is 0 Å². The van der Waals surface area contributed by atoms with Gasteiger partial charge < -0.3 is 9.67 Å². The summed E-state index contributed by atoms with van der Waals surface area (Å²) < 4.78 is 15.0. The van der Waals surface area contributed by atoms with Gasteiger partial charge in [-0.25, -0.2) is 14.2 Å². The van der Waals surface area contributed by atoms with Crippen molar-refractivity contribution in [3.63, 3.8) is 0 Å². The number of benzene rings is 2. The first-order chi connectivity index (χ1) is 9.63. The van der Waals surface area contributed by atoms with Crippen LogP contribution in [0.1, 0.15) is 15.9 Å². The van der Waals surface area contributed by atoms with Gasteiger partial charge in [0.15, 0.2) is 0 Å². The predicted molar refractivity (Wildman–Crippen MR) is 72.2 cm³/mol. The van der Waals surface area contributed by atoms with Gasteiger partial charge in [-0.1, -0.05) is 12.1 Å². The second-order valence-corrected chi connectivity index (χ2v) is 4.51. The molecule has 1 aromatic heterocycles. The molecule has 1 N–H and O–H groups in total. The molecule has 1 heterocycles. The number of carboxylic acid groups (broad SMARTS) is 1. The third-order valence-electron chi connectivity index (χ3n) is 3.11. The Bertz CT molecular complexity index is 795. The zero-order valence-electron chi connectivity index (χ0n) is 10.5. The lowest BCUT2D eigenvalue weighted by molar-refractivity contribution is 0.0697. The normalized spacial score (nSPS) is 10.8. The summed E-state index contributed by atoms with van der Waals surface area (Å²) in [6.45, 7) is 0.487. The number of rotatable bonds is 3. The van der Waals surface area contributed by atoms with Crippen LogP contribution in [0.3, 0.4) is 0 Å². The third kappa shape index (κ3) is 2.25.